The molecule has 5 nitrogen and oxygen atoms in total. The van der Waals surface area contributed by atoms with Crippen LogP contribution in [0.3, 0.4) is 0 Å². The molecule has 1 aliphatic rings. The van der Waals surface area contributed by atoms with Gasteiger partial charge >= 0.3 is 0 Å². The monoisotopic (exact) mass is 272 g/mol. The van der Waals surface area contributed by atoms with Gasteiger partial charge in [-0.05, 0) is 27.2 Å². The van der Waals surface area contributed by atoms with Gasteiger partial charge in [-0.1, -0.05) is 13.3 Å². The number of hydrogen-bond donors (Lipinski definition) is 2. The first-order valence-electron chi connectivity index (χ1n) is 7.31. The summed E-state index contributed by atoms with van der Waals surface area (Å²) in [4.78, 5) is 11.9. The van der Waals surface area contributed by atoms with E-state index in [-0.39, 0.29) is 24.2 Å². The molecular weight excluding hydrogens is 244 g/mol. The van der Waals surface area contributed by atoms with E-state index >= 15 is 0 Å². The second-order valence-corrected chi connectivity index (χ2v) is 5.40. The van der Waals surface area contributed by atoms with Gasteiger partial charge in [-0.25, -0.2) is 0 Å². The topological polar surface area (TPSA) is 59.6 Å². The average molecular weight is 272 g/mol. The molecule has 1 rings (SSSR count). The van der Waals surface area contributed by atoms with E-state index in [1.807, 2.05) is 13.8 Å². The van der Waals surface area contributed by atoms with Gasteiger partial charge in [0.2, 0.25) is 5.91 Å². The van der Waals surface area contributed by atoms with E-state index in [0.29, 0.717) is 6.61 Å². The van der Waals surface area contributed by atoms with Crippen LogP contribution in [0.4, 0.5) is 0 Å². The quantitative estimate of drug-likeness (QED) is 0.728. The van der Waals surface area contributed by atoms with Crippen molar-refractivity contribution in [3.8, 4) is 0 Å². The number of ether oxygens (including phenoxy) is 2. The minimum atomic E-state index is -0.430. The van der Waals surface area contributed by atoms with E-state index in [4.69, 9.17) is 9.47 Å². The first-order chi connectivity index (χ1) is 9.02. The highest BCUT2D eigenvalue weighted by Crippen LogP contribution is 2.05. The lowest BCUT2D eigenvalue weighted by atomic mass is 10.2. The summed E-state index contributed by atoms with van der Waals surface area (Å²) < 4.78 is 11.3. The van der Waals surface area contributed by atoms with Gasteiger partial charge in [-0.3, -0.25) is 4.79 Å². The molecule has 1 saturated heterocycles. The molecular formula is C14H28N2O3. The molecule has 0 saturated carbocycles. The van der Waals surface area contributed by atoms with Crippen molar-refractivity contribution >= 4 is 5.91 Å². The van der Waals surface area contributed by atoms with Crippen LogP contribution in [0.5, 0.6) is 0 Å². The van der Waals surface area contributed by atoms with Crippen molar-refractivity contribution in [2.75, 3.05) is 19.7 Å². The van der Waals surface area contributed by atoms with E-state index < -0.39 is 6.10 Å². The lowest BCUT2D eigenvalue weighted by Crippen LogP contribution is -2.47. The summed E-state index contributed by atoms with van der Waals surface area (Å²) in [7, 11) is 0. The molecule has 1 fully saturated rings. The molecule has 0 aromatic carbocycles. The Labute approximate surface area is 116 Å². The van der Waals surface area contributed by atoms with Crippen molar-refractivity contribution in [2.45, 2.75) is 64.9 Å². The number of carbonyl (C=O) groups is 1. The van der Waals surface area contributed by atoms with Crippen LogP contribution in [-0.4, -0.2) is 50.0 Å². The second kappa shape index (κ2) is 8.51. The first kappa shape index (κ1) is 16.4. The predicted octanol–water partition coefficient (Wildman–Crippen LogP) is 1.07. The second-order valence-electron chi connectivity index (χ2n) is 5.40. The van der Waals surface area contributed by atoms with Crippen molar-refractivity contribution in [3.63, 3.8) is 0 Å². The maximum atomic E-state index is 11.9. The van der Waals surface area contributed by atoms with Crippen LogP contribution in [0.15, 0.2) is 0 Å². The minimum Gasteiger partial charge on any atom is -0.370 e. The summed E-state index contributed by atoms with van der Waals surface area (Å²) in [5.74, 6) is -0.0437. The van der Waals surface area contributed by atoms with E-state index in [9.17, 15) is 4.79 Å². The Morgan fingerprint density at radius 2 is 2.21 bits per heavy atom. The molecule has 2 N–H and O–H groups in total. The minimum absolute atomic E-state index is 0.0343. The lowest BCUT2D eigenvalue weighted by Gasteiger charge is -2.29. The predicted molar refractivity (Wildman–Crippen MR) is 75.1 cm³/mol. The van der Waals surface area contributed by atoms with Crippen LogP contribution < -0.4 is 10.6 Å². The maximum Gasteiger partial charge on any atom is 0.249 e. The van der Waals surface area contributed by atoms with E-state index in [2.05, 4.69) is 17.6 Å². The highest BCUT2D eigenvalue weighted by Gasteiger charge is 2.22. The highest BCUT2D eigenvalue weighted by molar-refractivity contribution is 5.80. The van der Waals surface area contributed by atoms with E-state index in [0.717, 1.165) is 25.9 Å². The van der Waals surface area contributed by atoms with Crippen LogP contribution in [0.25, 0.3) is 0 Å². The Kier molecular flexibility index (Phi) is 7.34. The van der Waals surface area contributed by atoms with Crippen LogP contribution in [0.1, 0.15) is 40.5 Å². The van der Waals surface area contributed by atoms with Crippen LogP contribution in [0.2, 0.25) is 0 Å². The van der Waals surface area contributed by atoms with Crippen LogP contribution in [-0.2, 0) is 14.3 Å². The third-order valence-electron chi connectivity index (χ3n) is 3.24. The molecule has 0 radical (unpaired) electrons. The first-order valence-corrected chi connectivity index (χ1v) is 7.31. The van der Waals surface area contributed by atoms with Gasteiger partial charge in [0.15, 0.2) is 0 Å². The molecule has 112 valence electrons. The van der Waals surface area contributed by atoms with E-state index in [1.165, 1.54) is 0 Å². The van der Waals surface area contributed by atoms with Gasteiger partial charge in [0.05, 0.1) is 18.8 Å². The number of carbonyl (C=O) groups excluding carboxylic acids is 1. The van der Waals surface area contributed by atoms with Crippen molar-refractivity contribution in [1.29, 1.82) is 0 Å². The smallest absolute Gasteiger partial charge is 0.249 e. The molecule has 0 bridgehead atoms. The normalized spacial score (nSPS) is 26.7. The molecule has 0 aromatic heterocycles. The Morgan fingerprint density at radius 3 is 2.84 bits per heavy atom. The van der Waals surface area contributed by atoms with Gasteiger partial charge < -0.3 is 20.1 Å². The summed E-state index contributed by atoms with van der Waals surface area (Å²) in [5.41, 5.74) is 0. The Hall–Kier alpha value is -0.650. The van der Waals surface area contributed by atoms with Crippen molar-refractivity contribution in [1.82, 2.24) is 10.6 Å². The molecule has 0 aliphatic carbocycles. The molecule has 5 heteroatoms. The largest absolute Gasteiger partial charge is 0.370 e. The number of morpholine rings is 1. The molecule has 19 heavy (non-hydrogen) atoms. The number of amides is 1. The molecule has 1 heterocycles. The Bertz CT molecular complexity index is 273. The highest BCUT2D eigenvalue weighted by atomic mass is 16.5. The Morgan fingerprint density at radius 1 is 1.47 bits per heavy atom. The summed E-state index contributed by atoms with van der Waals surface area (Å²) in [6, 6.07) is 0.205. The molecule has 1 aliphatic heterocycles. The summed E-state index contributed by atoms with van der Waals surface area (Å²) in [5, 5.41) is 6.24. The standard InChI is InChI=1S/C14H28N2O3/c1-5-6-10(2)16-14(17)12(4)18-9-13-8-15-7-11(3)19-13/h10-13,15H,5-9H2,1-4H3,(H,16,17). The molecule has 1 amide bonds. The summed E-state index contributed by atoms with van der Waals surface area (Å²) in [6.45, 7) is 10.1. The van der Waals surface area contributed by atoms with Crippen LogP contribution in [0, 0.1) is 0 Å². The summed E-state index contributed by atoms with van der Waals surface area (Å²) >= 11 is 0. The Balaban J connectivity index is 2.22. The lowest BCUT2D eigenvalue weighted by molar-refractivity contribution is -0.137. The molecule has 4 atom stereocenters. The fourth-order valence-corrected chi connectivity index (χ4v) is 2.16. The fraction of sp³-hybridized carbons (Fsp3) is 0.929. The zero-order valence-electron chi connectivity index (χ0n) is 12.6. The average Bonchev–Trinajstić information content (AvgIpc) is 2.36. The van der Waals surface area contributed by atoms with Gasteiger partial charge in [-0.2, -0.15) is 0 Å². The third-order valence-corrected chi connectivity index (χ3v) is 3.24. The van der Waals surface area contributed by atoms with Crippen molar-refractivity contribution in [3.05, 3.63) is 0 Å². The number of nitrogens with one attached hydrogen (secondary N) is 2. The number of rotatable bonds is 7. The van der Waals surface area contributed by atoms with Crippen LogP contribution >= 0.6 is 0 Å². The van der Waals surface area contributed by atoms with Gasteiger partial charge in [0, 0.05) is 19.1 Å². The van der Waals surface area contributed by atoms with Gasteiger partial charge in [0.25, 0.3) is 0 Å². The summed E-state index contributed by atoms with van der Waals surface area (Å²) in [6.07, 6.45) is 1.87. The van der Waals surface area contributed by atoms with Crippen molar-refractivity contribution < 1.29 is 14.3 Å². The molecule has 0 spiro atoms. The van der Waals surface area contributed by atoms with Gasteiger partial charge in [0.1, 0.15) is 6.10 Å². The molecule has 0 aromatic rings. The third kappa shape index (κ3) is 6.36. The van der Waals surface area contributed by atoms with E-state index in [1.54, 1.807) is 6.92 Å². The zero-order chi connectivity index (χ0) is 14.3. The fourth-order valence-electron chi connectivity index (χ4n) is 2.16. The number of hydrogen-bond acceptors (Lipinski definition) is 4. The van der Waals surface area contributed by atoms with Gasteiger partial charge in [-0.15, -0.1) is 0 Å². The van der Waals surface area contributed by atoms with Crippen molar-refractivity contribution in [2.24, 2.45) is 0 Å². The molecule has 4 unspecified atom stereocenters. The maximum absolute atomic E-state index is 11.9. The zero-order valence-corrected chi connectivity index (χ0v) is 12.6. The SMILES string of the molecule is CCCC(C)NC(=O)C(C)OCC1CNCC(C)O1.